The average Bonchev–Trinajstić information content (AvgIpc) is 3.24. The Morgan fingerprint density at radius 2 is 2.15 bits per heavy atom. The third kappa shape index (κ3) is 2.88. The molecule has 0 aliphatic heterocycles. The summed E-state index contributed by atoms with van der Waals surface area (Å²) in [6.07, 6.45) is 3.13. The Morgan fingerprint density at radius 1 is 1.27 bits per heavy atom. The molecule has 0 aliphatic rings. The van der Waals surface area contributed by atoms with Crippen LogP contribution < -0.4 is 10.1 Å². The SMILES string of the molecule is COc1ccc(-c2nn3c(C)nnc3s2)cc1NC(=O)c1cccnc1. The first-order valence-electron chi connectivity index (χ1n) is 7.74. The number of methoxy groups -OCH3 is 1. The van der Waals surface area contributed by atoms with Crippen LogP contribution >= 0.6 is 11.3 Å². The fraction of sp³-hybridized carbons (Fsp3) is 0.118. The third-order valence-corrected chi connectivity index (χ3v) is 4.71. The van der Waals surface area contributed by atoms with E-state index in [9.17, 15) is 4.79 Å². The second kappa shape index (κ2) is 6.52. The maximum Gasteiger partial charge on any atom is 0.257 e. The van der Waals surface area contributed by atoms with E-state index in [1.807, 2.05) is 19.1 Å². The normalized spacial score (nSPS) is 10.8. The highest BCUT2D eigenvalue weighted by Gasteiger charge is 2.15. The van der Waals surface area contributed by atoms with Gasteiger partial charge in [0.1, 0.15) is 10.8 Å². The molecule has 3 heterocycles. The highest BCUT2D eigenvalue weighted by Crippen LogP contribution is 2.33. The maximum atomic E-state index is 12.4. The topological polar surface area (TPSA) is 94.3 Å². The lowest BCUT2D eigenvalue weighted by molar-refractivity contribution is 0.102. The minimum absolute atomic E-state index is 0.262. The van der Waals surface area contributed by atoms with Crippen molar-refractivity contribution in [3.8, 4) is 16.3 Å². The molecule has 0 fully saturated rings. The molecule has 0 bridgehead atoms. The molecule has 0 radical (unpaired) electrons. The largest absolute Gasteiger partial charge is 0.495 e. The van der Waals surface area contributed by atoms with Gasteiger partial charge < -0.3 is 10.1 Å². The van der Waals surface area contributed by atoms with Crippen LogP contribution in [0.4, 0.5) is 5.69 Å². The summed E-state index contributed by atoms with van der Waals surface area (Å²) in [5, 5.41) is 16.2. The van der Waals surface area contributed by atoms with Crippen molar-refractivity contribution in [1.82, 2.24) is 24.8 Å². The molecule has 0 atom stereocenters. The Balaban J connectivity index is 1.69. The van der Waals surface area contributed by atoms with E-state index >= 15 is 0 Å². The van der Waals surface area contributed by atoms with Crippen molar-refractivity contribution >= 4 is 27.9 Å². The number of anilines is 1. The molecule has 8 nitrogen and oxygen atoms in total. The number of aryl methyl sites for hydroxylation is 1. The van der Waals surface area contributed by atoms with Crippen molar-refractivity contribution < 1.29 is 9.53 Å². The van der Waals surface area contributed by atoms with Crippen molar-refractivity contribution in [1.29, 1.82) is 0 Å². The fourth-order valence-electron chi connectivity index (χ4n) is 2.46. The van der Waals surface area contributed by atoms with Gasteiger partial charge in [-0.2, -0.15) is 9.61 Å². The summed E-state index contributed by atoms with van der Waals surface area (Å²) in [6.45, 7) is 1.84. The summed E-state index contributed by atoms with van der Waals surface area (Å²) in [5.74, 6) is 1.02. The van der Waals surface area contributed by atoms with Crippen molar-refractivity contribution in [2.24, 2.45) is 0 Å². The predicted molar refractivity (Wildman–Crippen MR) is 97.6 cm³/mol. The van der Waals surface area contributed by atoms with Gasteiger partial charge in [-0.05, 0) is 37.3 Å². The van der Waals surface area contributed by atoms with E-state index < -0.39 is 0 Å². The van der Waals surface area contributed by atoms with Crippen LogP contribution in [0, 0.1) is 6.92 Å². The molecule has 1 aromatic carbocycles. The number of aromatic nitrogens is 5. The summed E-state index contributed by atoms with van der Waals surface area (Å²) in [4.78, 5) is 17.1. The summed E-state index contributed by atoms with van der Waals surface area (Å²) in [5.41, 5.74) is 1.87. The average molecular weight is 366 g/mol. The van der Waals surface area contributed by atoms with Gasteiger partial charge in [0.2, 0.25) is 4.96 Å². The number of ether oxygens (including phenoxy) is 1. The number of carbonyl (C=O) groups excluding carboxylic acids is 1. The zero-order chi connectivity index (χ0) is 18.1. The van der Waals surface area contributed by atoms with Crippen molar-refractivity contribution in [3.05, 3.63) is 54.1 Å². The number of nitrogens with zero attached hydrogens (tertiary/aromatic N) is 5. The van der Waals surface area contributed by atoms with E-state index in [1.165, 1.54) is 17.5 Å². The molecule has 0 spiro atoms. The standard InChI is InChI=1S/C17H14N6O2S/c1-10-20-21-17-23(10)22-16(26-17)11-5-6-14(25-2)13(8-11)19-15(24)12-4-3-7-18-9-12/h3-9H,1-2H3,(H,19,24). The second-order valence-electron chi connectivity index (χ2n) is 5.46. The number of nitrogens with one attached hydrogen (secondary N) is 1. The molecule has 0 aliphatic carbocycles. The van der Waals surface area contributed by atoms with Crippen LogP contribution in [0.2, 0.25) is 0 Å². The van der Waals surface area contributed by atoms with E-state index in [2.05, 4.69) is 25.6 Å². The van der Waals surface area contributed by atoms with E-state index in [-0.39, 0.29) is 5.91 Å². The van der Waals surface area contributed by atoms with Crippen LogP contribution in [0.5, 0.6) is 5.75 Å². The molecule has 0 unspecified atom stereocenters. The van der Waals surface area contributed by atoms with Crippen LogP contribution in [0.15, 0.2) is 42.7 Å². The first kappa shape index (κ1) is 16.2. The predicted octanol–water partition coefficient (Wildman–Crippen LogP) is 2.82. The quantitative estimate of drug-likeness (QED) is 0.597. The molecule has 3 aromatic heterocycles. The van der Waals surface area contributed by atoms with Crippen LogP contribution in [-0.2, 0) is 0 Å². The van der Waals surface area contributed by atoms with Crippen LogP contribution in [0.25, 0.3) is 15.5 Å². The van der Waals surface area contributed by atoms with Gasteiger partial charge in [0.25, 0.3) is 5.91 Å². The number of amides is 1. The number of hydrogen-bond donors (Lipinski definition) is 1. The van der Waals surface area contributed by atoms with Crippen molar-refractivity contribution in [2.75, 3.05) is 12.4 Å². The molecule has 0 saturated carbocycles. The summed E-state index contributed by atoms with van der Waals surface area (Å²) < 4.78 is 7.05. The van der Waals surface area contributed by atoms with Crippen LogP contribution in [0.1, 0.15) is 16.2 Å². The van der Waals surface area contributed by atoms with E-state index in [0.29, 0.717) is 22.0 Å². The lowest BCUT2D eigenvalue weighted by Crippen LogP contribution is -2.12. The van der Waals surface area contributed by atoms with Crippen LogP contribution in [-0.4, -0.2) is 37.8 Å². The van der Waals surface area contributed by atoms with Gasteiger partial charge in [-0.1, -0.05) is 11.3 Å². The maximum absolute atomic E-state index is 12.4. The Bertz CT molecular complexity index is 1090. The molecule has 26 heavy (non-hydrogen) atoms. The van der Waals surface area contributed by atoms with Crippen molar-refractivity contribution in [2.45, 2.75) is 6.92 Å². The number of carbonyl (C=O) groups is 1. The fourth-order valence-corrected chi connectivity index (χ4v) is 3.34. The second-order valence-corrected chi connectivity index (χ2v) is 6.42. The third-order valence-electron chi connectivity index (χ3n) is 3.77. The van der Waals surface area contributed by atoms with Crippen LogP contribution in [0.3, 0.4) is 0 Å². The Labute approximate surface area is 152 Å². The Morgan fingerprint density at radius 3 is 2.88 bits per heavy atom. The highest BCUT2D eigenvalue weighted by atomic mass is 32.1. The number of fused-ring (bicyclic) bond motifs is 1. The lowest BCUT2D eigenvalue weighted by atomic mass is 10.2. The van der Waals surface area contributed by atoms with Gasteiger partial charge in [-0.25, -0.2) is 0 Å². The molecule has 1 N–H and O–H groups in total. The zero-order valence-electron chi connectivity index (χ0n) is 14.0. The smallest absolute Gasteiger partial charge is 0.257 e. The molecule has 4 aromatic rings. The Kier molecular flexibility index (Phi) is 4.05. The first-order chi connectivity index (χ1) is 12.7. The van der Waals surface area contributed by atoms with E-state index in [4.69, 9.17) is 4.74 Å². The van der Waals surface area contributed by atoms with Gasteiger partial charge in [0, 0.05) is 18.0 Å². The number of rotatable bonds is 4. The zero-order valence-corrected chi connectivity index (χ0v) is 14.8. The molecule has 0 saturated heterocycles. The lowest BCUT2D eigenvalue weighted by Gasteiger charge is -2.11. The highest BCUT2D eigenvalue weighted by molar-refractivity contribution is 7.19. The van der Waals surface area contributed by atoms with E-state index in [1.54, 1.807) is 36.0 Å². The molecule has 9 heteroatoms. The first-order valence-corrected chi connectivity index (χ1v) is 8.56. The summed E-state index contributed by atoms with van der Waals surface area (Å²) >= 11 is 1.42. The van der Waals surface area contributed by atoms with E-state index in [0.717, 1.165) is 16.4 Å². The molecule has 130 valence electrons. The molecular weight excluding hydrogens is 352 g/mol. The van der Waals surface area contributed by atoms with Gasteiger partial charge in [-0.3, -0.25) is 9.78 Å². The minimum atomic E-state index is -0.262. The monoisotopic (exact) mass is 366 g/mol. The summed E-state index contributed by atoms with van der Waals surface area (Å²) in [6, 6.07) is 8.92. The number of hydrogen-bond acceptors (Lipinski definition) is 7. The molecule has 4 rings (SSSR count). The Hall–Kier alpha value is -3.33. The van der Waals surface area contributed by atoms with Gasteiger partial charge in [0.05, 0.1) is 18.4 Å². The molecule has 1 amide bonds. The summed E-state index contributed by atoms with van der Waals surface area (Å²) in [7, 11) is 1.56. The van der Waals surface area contributed by atoms with Gasteiger partial charge in [0.15, 0.2) is 5.82 Å². The van der Waals surface area contributed by atoms with Gasteiger partial charge >= 0.3 is 0 Å². The van der Waals surface area contributed by atoms with Crippen molar-refractivity contribution in [3.63, 3.8) is 0 Å². The number of pyridine rings is 1. The number of benzene rings is 1. The molecular formula is C17H14N6O2S. The van der Waals surface area contributed by atoms with Gasteiger partial charge in [-0.15, -0.1) is 10.2 Å². The minimum Gasteiger partial charge on any atom is -0.495 e.